The summed E-state index contributed by atoms with van der Waals surface area (Å²) in [4.78, 5) is 25.1. The zero-order valence-corrected chi connectivity index (χ0v) is 21.4. The van der Waals surface area contributed by atoms with Gasteiger partial charge in [-0.1, -0.05) is 6.42 Å². The van der Waals surface area contributed by atoms with E-state index < -0.39 is 5.09 Å². The molecule has 0 atom stereocenters. The summed E-state index contributed by atoms with van der Waals surface area (Å²) >= 11 is 1.46. The third kappa shape index (κ3) is 6.78. The molecule has 2 heterocycles. The highest BCUT2D eigenvalue weighted by molar-refractivity contribution is 7.22. The molecule has 3 aromatic carbocycles. The number of hydrogen-bond donors (Lipinski definition) is 2. The van der Waals surface area contributed by atoms with Crippen molar-refractivity contribution in [1.29, 1.82) is 0 Å². The van der Waals surface area contributed by atoms with Crippen LogP contribution in [0.5, 0.6) is 17.2 Å². The second kappa shape index (κ2) is 12.4. The highest BCUT2D eigenvalue weighted by atomic mass is 32.1. The van der Waals surface area contributed by atoms with E-state index in [9.17, 15) is 15.0 Å². The Balaban J connectivity index is 0.000000786. The van der Waals surface area contributed by atoms with E-state index in [0.29, 0.717) is 17.7 Å². The summed E-state index contributed by atoms with van der Waals surface area (Å²) in [7, 11) is 0. The van der Waals surface area contributed by atoms with Crippen LogP contribution in [0.25, 0.3) is 20.5 Å². The lowest BCUT2D eigenvalue weighted by atomic mass is 9.97. The SMILES string of the molecule is O=C(c1ccc(OCCN2CCCCC2)cc1)c1c(-c2ccc(O)cc2)sc2cc(O)ccc12.O=[N+]([O-])[O-]. The minimum absolute atomic E-state index is 0.0834. The quantitative estimate of drug-likeness (QED) is 0.171. The van der Waals surface area contributed by atoms with Crippen LogP contribution >= 0.6 is 11.3 Å². The summed E-state index contributed by atoms with van der Waals surface area (Å²) < 4.78 is 6.76. The van der Waals surface area contributed by atoms with Gasteiger partial charge in [0.25, 0.3) is 0 Å². The number of thiophene rings is 1. The van der Waals surface area contributed by atoms with Crippen molar-refractivity contribution in [1.82, 2.24) is 4.90 Å². The smallest absolute Gasteiger partial charge is 0.195 e. The lowest BCUT2D eigenvalue weighted by molar-refractivity contribution is -0.402. The summed E-state index contributed by atoms with van der Waals surface area (Å²) in [5, 5.41) is 35.2. The number of phenolic OH excluding ortho intramolecular Hbond substituents is 2. The van der Waals surface area contributed by atoms with Crippen molar-refractivity contribution in [2.45, 2.75) is 19.3 Å². The predicted molar refractivity (Wildman–Crippen MR) is 147 cm³/mol. The third-order valence-corrected chi connectivity index (χ3v) is 7.47. The number of likely N-dealkylation sites (tertiary alicyclic amines) is 1. The van der Waals surface area contributed by atoms with Crippen molar-refractivity contribution >= 4 is 27.2 Å². The first-order valence-electron chi connectivity index (χ1n) is 12.2. The molecule has 0 radical (unpaired) electrons. The number of fused-ring (bicyclic) bond motifs is 1. The van der Waals surface area contributed by atoms with E-state index in [2.05, 4.69) is 4.90 Å². The fourth-order valence-corrected chi connectivity index (χ4v) is 5.69. The zero-order valence-electron chi connectivity index (χ0n) is 20.5. The summed E-state index contributed by atoms with van der Waals surface area (Å²) in [6.45, 7) is 3.85. The number of aromatic hydroxyl groups is 2. The first-order valence-corrected chi connectivity index (χ1v) is 13.0. The molecule has 0 aliphatic carbocycles. The van der Waals surface area contributed by atoms with Crippen LogP contribution in [-0.4, -0.2) is 52.2 Å². The second-order valence-corrected chi connectivity index (χ2v) is 9.91. The average Bonchev–Trinajstić information content (AvgIpc) is 3.28. The first-order chi connectivity index (χ1) is 18.3. The van der Waals surface area contributed by atoms with Gasteiger partial charge >= 0.3 is 0 Å². The number of phenols is 2. The van der Waals surface area contributed by atoms with Crippen molar-refractivity contribution in [3.8, 4) is 27.7 Å². The Morgan fingerprint density at radius 2 is 1.55 bits per heavy atom. The van der Waals surface area contributed by atoms with Gasteiger partial charge in [0.2, 0.25) is 0 Å². The Morgan fingerprint density at radius 3 is 2.21 bits per heavy atom. The monoisotopic (exact) mass is 535 g/mol. The molecule has 1 fully saturated rings. The second-order valence-electron chi connectivity index (χ2n) is 8.86. The highest BCUT2D eigenvalue weighted by Crippen LogP contribution is 2.41. The molecule has 0 saturated carbocycles. The molecular formula is C28H27N2O7S-. The fourth-order valence-electron chi connectivity index (χ4n) is 4.45. The van der Waals surface area contributed by atoms with Gasteiger partial charge in [0.15, 0.2) is 5.78 Å². The maximum atomic E-state index is 13.6. The average molecular weight is 536 g/mol. The van der Waals surface area contributed by atoms with Gasteiger partial charge in [-0.2, -0.15) is 0 Å². The van der Waals surface area contributed by atoms with Crippen LogP contribution in [0, 0.1) is 15.3 Å². The van der Waals surface area contributed by atoms with Gasteiger partial charge in [-0.05, 0) is 98.2 Å². The van der Waals surface area contributed by atoms with Crippen LogP contribution in [-0.2, 0) is 0 Å². The Hall–Kier alpha value is -4.15. The van der Waals surface area contributed by atoms with Gasteiger partial charge in [0.05, 0.1) is 5.09 Å². The van der Waals surface area contributed by atoms with Crippen molar-refractivity contribution in [3.05, 3.63) is 93.2 Å². The molecule has 10 heteroatoms. The van der Waals surface area contributed by atoms with E-state index in [1.54, 1.807) is 42.5 Å². The topological polar surface area (TPSA) is 136 Å². The van der Waals surface area contributed by atoms with Gasteiger partial charge in [0.1, 0.15) is 23.9 Å². The molecule has 38 heavy (non-hydrogen) atoms. The van der Waals surface area contributed by atoms with Crippen LogP contribution in [0.2, 0.25) is 0 Å². The highest BCUT2D eigenvalue weighted by Gasteiger charge is 2.22. The van der Waals surface area contributed by atoms with E-state index in [4.69, 9.17) is 20.1 Å². The first kappa shape index (κ1) is 26.9. The van der Waals surface area contributed by atoms with E-state index in [0.717, 1.165) is 45.9 Å². The van der Waals surface area contributed by atoms with E-state index in [-0.39, 0.29) is 17.3 Å². The number of ether oxygens (including phenoxy) is 1. The molecule has 1 saturated heterocycles. The minimum atomic E-state index is -1.75. The van der Waals surface area contributed by atoms with Crippen LogP contribution in [0.3, 0.4) is 0 Å². The maximum Gasteiger partial charge on any atom is 0.195 e. The molecule has 1 aliphatic rings. The molecule has 9 nitrogen and oxygen atoms in total. The third-order valence-electron chi connectivity index (χ3n) is 6.27. The minimum Gasteiger partial charge on any atom is -0.508 e. The largest absolute Gasteiger partial charge is 0.508 e. The zero-order chi connectivity index (χ0) is 27.1. The van der Waals surface area contributed by atoms with Gasteiger partial charge in [-0.25, -0.2) is 0 Å². The molecular weight excluding hydrogens is 508 g/mol. The van der Waals surface area contributed by atoms with Crippen LogP contribution in [0.15, 0.2) is 66.7 Å². The lowest BCUT2D eigenvalue weighted by Gasteiger charge is -2.26. The Bertz CT molecular complexity index is 1390. The van der Waals surface area contributed by atoms with Crippen molar-refractivity contribution in [3.63, 3.8) is 0 Å². The molecule has 0 spiro atoms. The van der Waals surface area contributed by atoms with E-state index >= 15 is 0 Å². The number of piperidine rings is 1. The Kier molecular flexibility index (Phi) is 8.77. The number of ketones is 1. The van der Waals surface area contributed by atoms with Crippen molar-refractivity contribution < 1.29 is 24.8 Å². The summed E-state index contributed by atoms with van der Waals surface area (Å²) in [6, 6.07) is 19.2. The number of rotatable bonds is 7. The molecule has 0 unspecified atom stereocenters. The summed E-state index contributed by atoms with van der Waals surface area (Å²) in [5.74, 6) is 1.01. The van der Waals surface area contributed by atoms with E-state index in [1.165, 1.54) is 30.6 Å². The van der Waals surface area contributed by atoms with Gasteiger partial charge in [0, 0.05) is 32.6 Å². The number of carbonyl (C=O) groups excluding carboxylic acids is 1. The van der Waals surface area contributed by atoms with Crippen LogP contribution in [0.1, 0.15) is 35.2 Å². The molecule has 4 aromatic rings. The van der Waals surface area contributed by atoms with Crippen molar-refractivity contribution in [2.75, 3.05) is 26.2 Å². The standard InChI is InChI=1S/C28H27NO4S.NO3/c30-21-8-4-20(5-9-21)28-26(24-13-10-22(31)18-25(24)34-28)27(32)19-6-11-23(12-7-19)33-17-16-29-14-2-1-3-15-29;2-1(3)4/h4-13,18,30-31H,1-3,14-17H2;/q;-1. The maximum absolute atomic E-state index is 13.6. The molecule has 5 rings (SSSR count). The Labute approximate surface area is 223 Å². The molecule has 0 amide bonds. The van der Waals surface area contributed by atoms with Gasteiger partial charge in [-0.15, -0.1) is 11.3 Å². The van der Waals surface area contributed by atoms with Gasteiger partial charge < -0.3 is 30.3 Å². The molecule has 1 aliphatic heterocycles. The fraction of sp³-hybridized carbons (Fsp3) is 0.250. The molecule has 0 bridgehead atoms. The predicted octanol–water partition coefficient (Wildman–Crippen LogP) is 5.84. The number of nitrogens with zero attached hydrogens (tertiary/aromatic N) is 2. The Morgan fingerprint density at radius 1 is 0.921 bits per heavy atom. The number of benzene rings is 3. The molecule has 1 aromatic heterocycles. The van der Waals surface area contributed by atoms with Crippen LogP contribution < -0.4 is 4.74 Å². The van der Waals surface area contributed by atoms with Crippen molar-refractivity contribution in [2.24, 2.45) is 0 Å². The molecule has 198 valence electrons. The molecule has 2 N–H and O–H groups in total. The van der Waals surface area contributed by atoms with Crippen LogP contribution in [0.4, 0.5) is 0 Å². The van der Waals surface area contributed by atoms with Gasteiger partial charge in [-0.3, -0.25) is 9.69 Å². The lowest BCUT2D eigenvalue weighted by Crippen LogP contribution is -2.33. The summed E-state index contributed by atoms with van der Waals surface area (Å²) in [5.41, 5.74) is 2.03. The summed E-state index contributed by atoms with van der Waals surface area (Å²) in [6.07, 6.45) is 3.85. The van der Waals surface area contributed by atoms with E-state index in [1.807, 2.05) is 24.3 Å². The number of hydrogen-bond acceptors (Lipinski definition) is 9. The number of carbonyl (C=O) groups is 1. The normalized spacial score (nSPS) is 13.5.